The van der Waals surface area contributed by atoms with Crippen LogP contribution in [0.4, 0.5) is 9.59 Å². The van der Waals surface area contributed by atoms with Gasteiger partial charge in [0.05, 0.1) is 6.04 Å². The zero-order valence-corrected chi connectivity index (χ0v) is 16.5. The maximum atomic E-state index is 12.6. The summed E-state index contributed by atoms with van der Waals surface area (Å²) < 4.78 is 0. The highest BCUT2D eigenvalue weighted by Gasteiger charge is 2.51. The second kappa shape index (κ2) is 9.08. The molecule has 1 saturated heterocycles. The summed E-state index contributed by atoms with van der Waals surface area (Å²) in [5, 5.41) is 8.72. The van der Waals surface area contributed by atoms with Crippen LogP contribution in [-0.4, -0.2) is 41.5 Å². The van der Waals surface area contributed by atoms with E-state index in [1.54, 1.807) is 0 Å². The Hall–Kier alpha value is -2.57. The minimum atomic E-state index is -0.662. The number of rotatable bonds is 8. The lowest BCUT2D eigenvalue weighted by atomic mass is 9.98. The first kappa shape index (κ1) is 20.2. The van der Waals surface area contributed by atoms with Crippen LogP contribution < -0.4 is 16.0 Å². The fourth-order valence-electron chi connectivity index (χ4n) is 4.14. The van der Waals surface area contributed by atoms with E-state index in [0.717, 1.165) is 44.1 Å². The van der Waals surface area contributed by atoms with E-state index in [2.05, 4.69) is 22.9 Å². The van der Waals surface area contributed by atoms with Crippen LogP contribution in [0.25, 0.3) is 0 Å². The number of hydrogen-bond donors (Lipinski definition) is 3. The van der Waals surface area contributed by atoms with Gasteiger partial charge in [-0.25, -0.2) is 9.59 Å². The summed E-state index contributed by atoms with van der Waals surface area (Å²) in [5.41, 5.74) is 0.422. The van der Waals surface area contributed by atoms with Crippen LogP contribution >= 0.6 is 0 Å². The number of carbonyl (C=O) groups excluding carboxylic acids is 3. The zero-order chi connectivity index (χ0) is 20.0. The molecule has 7 heteroatoms. The van der Waals surface area contributed by atoms with E-state index in [-0.39, 0.29) is 24.0 Å². The van der Waals surface area contributed by atoms with Gasteiger partial charge in [-0.05, 0) is 31.2 Å². The molecule has 0 bridgehead atoms. The number of benzene rings is 1. The van der Waals surface area contributed by atoms with Crippen LogP contribution in [0.5, 0.6) is 0 Å². The van der Waals surface area contributed by atoms with Crippen molar-refractivity contribution in [1.29, 1.82) is 0 Å². The van der Waals surface area contributed by atoms with Crippen LogP contribution in [-0.2, 0) is 4.79 Å². The van der Waals surface area contributed by atoms with Gasteiger partial charge in [-0.2, -0.15) is 0 Å². The number of carbonyl (C=O) groups is 3. The summed E-state index contributed by atoms with van der Waals surface area (Å²) in [4.78, 5) is 38.3. The van der Waals surface area contributed by atoms with Gasteiger partial charge in [0, 0.05) is 13.1 Å². The quantitative estimate of drug-likeness (QED) is 0.474. The summed E-state index contributed by atoms with van der Waals surface area (Å²) in [5.74, 6) is -0.105. The first-order valence-corrected chi connectivity index (χ1v) is 10.3. The third-order valence-electron chi connectivity index (χ3n) is 5.63. The van der Waals surface area contributed by atoms with Crippen molar-refractivity contribution in [2.75, 3.05) is 13.1 Å². The van der Waals surface area contributed by atoms with Crippen molar-refractivity contribution in [3.8, 4) is 0 Å². The largest absolute Gasteiger partial charge is 0.338 e. The number of imide groups is 1. The molecule has 1 unspecified atom stereocenters. The van der Waals surface area contributed by atoms with Crippen LogP contribution in [0.2, 0.25) is 0 Å². The second-order valence-corrected chi connectivity index (χ2v) is 7.68. The lowest BCUT2D eigenvalue weighted by Crippen LogP contribution is -2.44. The molecule has 2 aliphatic rings. The normalized spacial score (nSPS) is 19.0. The maximum absolute atomic E-state index is 12.6. The lowest BCUT2D eigenvalue weighted by molar-refractivity contribution is -0.131. The molecule has 152 valence electrons. The number of hydrogen-bond acceptors (Lipinski definition) is 3. The van der Waals surface area contributed by atoms with Crippen LogP contribution in [0.3, 0.4) is 0 Å². The zero-order valence-electron chi connectivity index (χ0n) is 16.5. The lowest BCUT2D eigenvalue weighted by Gasteiger charge is -2.20. The van der Waals surface area contributed by atoms with Gasteiger partial charge >= 0.3 is 12.1 Å². The molecular formula is C21H30N4O3. The molecule has 28 heavy (non-hydrogen) atoms. The van der Waals surface area contributed by atoms with Crippen molar-refractivity contribution in [3.05, 3.63) is 35.9 Å². The van der Waals surface area contributed by atoms with Crippen LogP contribution in [0, 0.1) is 0 Å². The van der Waals surface area contributed by atoms with Crippen molar-refractivity contribution in [3.63, 3.8) is 0 Å². The van der Waals surface area contributed by atoms with Crippen molar-refractivity contribution < 1.29 is 14.4 Å². The Balaban J connectivity index is 1.43. The highest BCUT2D eigenvalue weighted by atomic mass is 16.2. The number of nitrogens with one attached hydrogen (secondary N) is 3. The average Bonchev–Trinajstić information content (AvgIpc) is 3.25. The van der Waals surface area contributed by atoms with Gasteiger partial charge in [-0.3, -0.25) is 9.69 Å². The molecule has 1 spiro atoms. The van der Waals surface area contributed by atoms with Gasteiger partial charge in [-0.15, -0.1) is 0 Å². The SMILES string of the molecule is CCCC(NC(=O)NCCCN1C(=O)NC2(CCCC2)C1=O)c1ccccc1. The second-order valence-electron chi connectivity index (χ2n) is 7.68. The molecule has 1 saturated carbocycles. The average molecular weight is 386 g/mol. The van der Waals surface area contributed by atoms with E-state index in [0.29, 0.717) is 19.5 Å². The fourth-order valence-corrected chi connectivity index (χ4v) is 4.14. The predicted molar refractivity (Wildman–Crippen MR) is 107 cm³/mol. The molecular weight excluding hydrogens is 356 g/mol. The Labute approximate surface area is 166 Å². The van der Waals surface area contributed by atoms with Gasteiger partial charge < -0.3 is 16.0 Å². The summed E-state index contributed by atoms with van der Waals surface area (Å²) in [6, 6.07) is 9.35. The van der Waals surface area contributed by atoms with E-state index in [9.17, 15) is 14.4 Å². The molecule has 2 fully saturated rings. The van der Waals surface area contributed by atoms with Crippen molar-refractivity contribution in [2.45, 2.75) is 63.5 Å². The third kappa shape index (κ3) is 4.46. The number of urea groups is 2. The fraction of sp³-hybridized carbons (Fsp3) is 0.571. The summed E-state index contributed by atoms with van der Waals surface area (Å²) in [6.45, 7) is 2.82. The van der Waals surface area contributed by atoms with Gasteiger partial charge in [0.15, 0.2) is 0 Å². The summed E-state index contributed by atoms with van der Waals surface area (Å²) in [6.07, 6.45) is 5.77. The molecule has 1 aliphatic heterocycles. The van der Waals surface area contributed by atoms with E-state index in [4.69, 9.17) is 0 Å². The van der Waals surface area contributed by atoms with E-state index >= 15 is 0 Å². The third-order valence-corrected chi connectivity index (χ3v) is 5.63. The van der Waals surface area contributed by atoms with Gasteiger partial charge in [0.25, 0.3) is 5.91 Å². The molecule has 0 radical (unpaired) electrons. The summed E-state index contributed by atoms with van der Waals surface area (Å²) in [7, 11) is 0. The molecule has 1 heterocycles. The molecule has 1 aromatic rings. The van der Waals surface area contributed by atoms with E-state index < -0.39 is 5.54 Å². The number of nitrogens with zero attached hydrogens (tertiary/aromatic N) is 1. The first-order valence-electron chi connectivity index (χ1n) is 10.3. The maximum Gasteiger partial charge on any atom is 0.325 e. The number of amides is 5. The highest BCUT2D eigenvalue weighted by molar-refractivity contribution is 6.07. The Kier molecular flexibility index (Phi) is 6.54. The minimum Gasteiger partial charge on any atom is -0.338 e. The van der Waals surface area contributed by atoms with Crippen molar-refractivity contribution in [1.82, 2.24) is 20.9 Å². The molecule has 3 N–H and O–H groups in total. The smallest absolute Gasteiger partial charge is 0.325 e. The topological polar surface area (TPSA) is 90.5 Å². The van der Waals surface area contributed by atoms with E-state index in [1.807, 2.05) is 30.3 Å². The van der Waals surface area contributed by atoms with Crippen molar-refractivity contribution in [2.24, 2.45) is 0 Å². The van der Waals surface area contributed by atoms with Gasteiger partial charge in [-0.1, -0.05) is 56.5 Å². The highest BCUT2D eigenvalue weighted by Crippen LogP contribution is 2.34. The van der Waals surface area contributed by atoms with Crippen molar-refractivity contribution >= 4 is 18.0 Å². The molecule has 7 nitrogen and oxygen atoms in total. The predicted octanol–water partition coefficient (Wildman–Crippen LogP) is 3.08. The minimum absolute atomic E-state index is 0.0284. The molecule has 0 aromatic heterocycles. The Bertz CT molecular complexity index is 701. The van der Waals surface area contributed by atoms with Crippen LogP contribution in [0.1, 0.15) is 63.5 Å². The van der Waals surface area contributed by atoms with E-state index in [1.165, 1.54) is 4.90 Å². The Morgan fingerprint density at radius 1 is 1.21 bits per heavy atom. The van der Waals surface area contributed by atoms with Gasteiger partial charge in [0.2, 0.25) is 0 Å². The monoisotopic (exact) mass is 386 g/mol. The van der Waals surface area contributed by atoms with Crippen LogP contribution in [0.15, 0.2) is 30.3 Å². The first-order chi connectivity index (χ1) is 13.6. The molecule has 1 aromatic carbocycles. The summed E-state index contributed by atoms with van der Waals surface area (Å²) >= 11 is 0. The van der Waals surface area contributed by atoms with Gasteiger partial charge in [0.1, 0.15) is 5.54 Å². The Morgan fingerprint density at radius 3 is 2.61 bits per heavy atom. The molecule has 1 atom stereocenters. The Morgan fingerprint density at radius 2 is 1.93 bits per heavy atom. The molecule has 3 rings (SSSR count). The molecule has 5 amide bonds. The molecule has 1 aliphatic carbocycles. The standard InChI is InChI=1S/C21H30N4O3/c1-2-9-17(16-10-4-3-5-11-16)23-19(27)22-14-8-15-25-18(26)21(24-20(25)28)12-6-7-13-21/h3-5,10-11,17H,2,6-9,12-15H2,1H3,(H,24,28)(H2,22,23,27).